The minimum absolute atomic E-state index is 0.242. The molecule has 0 bridgehead atoms. The number of aliphatic hydroxyl groups excluding tert-OH is 1. The van der Waals surface area contributed by atoms with Gasteiger partial charge in [0.15, 0.2) is 0 Å². The number of nitrogens with zero attached hydrogens (tertiary/aromatic N) is 2. The molecule has 1 aromatic rings. The lowest BCUT2D eigenvalue weighted by Gasteiger charge is -2.37. The second-order valence-corrected chi connectivity index (χ2v) is 9.11. The largest absolute Gasteiger partial charge is 0.465 e. The van der Waals surface area contributed by atoms with E-state index in [9.17, 15) is 19.5 Å². The Morgan fingerprint density at radius 3 is 2.70 bits per heavy atom. The van der Waals surface area contributed by atoms with Gasteiger partial charge >= 0.3 is 5.97 Å². The Kier molecular flexibility index (Phi) is 5.58. The maximum Gasteiger partial charge on any atom is 0.312 e. The number of aliphatic hydroxyl groups is 1. The van der Waals surface area contributed by atoms with Crippen LogP contribution >= 0.6 is 0 Å². The van der Waals surface area contributed by atoms with E-state index in [2.05, 4.69) is 0 Å². The molecule has 1 aromatic carbocycles. The van der Waals surface area contributed by atoms with Crippen LogP contribution in [0.2, 0.25) is 0 Å². The number of ether oxygens (including phenoxy) is 2. The zero-order valence-corrected chi connectivity index (χ0v) is 18.5. The first-order valence-corrected chi connectivity index (χ1v) is 11.4. The van der Waals surface area contributed by atoms with E-state index in [4.69, 9.17) is 9.47 Å². The molecule has 1 N–H and O–H groups in total. The average Bonchev–Trinajstić information content (AvgIpc) is 3.20. The van der Waals surface area contributed by atoms with Gasteiger partial charge in [0.1, 0.15) is 17.6 Å². The molecule has 1 spiro atoms. The quantitative estimate of drug-likeness (QED) is 0.542. The summed E-state index contributed by atoms with van der Waals surface area (Å²) in [6.45, 7) is 2.37. The molecule has 0 aliphatic carbocycles. The maximum absolute atomic E-state index is 14.0. The molecule has 6 atom stereocenters. The molecular formula is C25H28N2O6. The van der Waals surface area contributed by atoms with E-state index in [-0.39, 0.29) is 25.0 Å². The molecule has 4 aliphatic rings. The number of esters is 1. The highest BCUT2D eigenvalue weighted by Gasteiger charge is 2.72. The first-order chi connectivity index (χ1) is 16.0. The summed E-state index contributed by atoms with van der Waals surface area (Å²) >= 11 is 0. The summed E-state index contributed by atoms with van der Waals surface area (Å²) in [6, 6.07) is 8.05. The summed E-state index contributed by atoms with van der Waals surface area (Å²) in [5, 5.41) is 9.91. The van der Waals surface area contributed by atoms with Crippen molar-refractivity contribution in [3.63, 3.8) is 0 Å². The Morgan fingerprint density at radius 2 is 1.94 bits per heavy atom. The third kappa shape index (κ3) is 3.40. The van der Waals surface area contributed by atoms with Crippen molar-refractivity contribution in [3.8, 4) is 0 Å². The molecule has 2 amide bonds. The number of amides is 2. The molecule has 1 unspecified atom stereocenters. The van der Waals surface area contributed by atoms with Crippen molar-refractivity contribution < 1.29 is 29.0 Å². The zero-order chi connectivity index (χ0) is 23.2. The van der Waals surface area contributed by atoms with Gasteiger partial charge in [-0.05, 0) is 18.9 Å². The van der Waals surface area contributed by atoms with Crippen LogP contribution in [0.3, 0.4) is 0 Å². The van der Waals surface area contributed by atoms with Gasteiger partial charge in [0.05, 0.1) is 31.3 Å². The molecule has 0 radical (unpaired) electrons. The Bertz CT molecular complexity index is 1010. The fourth-order valence-electron chi connectivity index (χ4n) is 5.60. The lowest BCUT2D eigenvalue weighted by atomic mass is 9.77. The molecule has 0 saturated carbocycles. The Labute approximate surface area is 192 Å². The zero-order valence-electron chi connectivity index (χ0n) is 18.5. The van der Waals surface area contributed by atoms with Crippen LogP contribution in [0.25, 0.3) is 0 Å². The number of fused-ring (bicyclic) bond motifs is 2. The van der Waals surface area contributed by atoms with Crippen LogP contribution in [0.5, 0.6) is 0 Å². The van der Waals surface area contributed by atoms with Crippen LogP contribution in [0, 0.1) is 11.8 Å². The van der Waals surface area contributed by atoms with Gasteiger partial charge in [0.25, 0.3) is 0 Å². The highest BCUT2D eigenvalue weighted by Crippen LogP contribution is 2.53. The maximum atomic E-state index is 14.0. The Hall–Kier alpha value is -2.97. The number of carbonyl (C=O) groups is 3. The van der Waals surface area contributed by atoms with Gasteiger partial charge in [-0.1, -0.05) is 54.6 Å². The first kappa shape index (κ1) is 21.9. The summed E-state index contributed by atoms with van der Waals surface area (Å²) in [7, 11) is 0. The number of carbonyl (C=O) groups excluding carboxylic acids is 3. The first-order valence-electron chi connectivity index (χ1n) is 11.4. The molecule has 0 aromatic heterocycles. The molecule has 8 nitrogen and oxygen atoms in total. The molecule has 2 fully saturated rings. The monoisotopic (exact) mass is 452 g/mol. The third-order valence-electron chi connectivity index (χ3n) is 7.10. The standard InChI is InChI=1S/C25H28N2O6/c1-16(15-28)27-21-23(30)26(14-17-8-3-2-4-9-17)12-7-11-25(21)20(22(27)29)19-18(33-25)10-5-6-13-32-24(19)31/h2-5,7-11,16,18-21,28H,6,12-15H2,1H3/t16-,18-,19+,20+,21?,25+/m1/s1. The minimum atomic E-state index is -1.30. The number of rotatable bonds is 4. The predicted molar refractivity (Wildman–Crippen MR) is 117 cm³/mol. The number of hydrogen-bond donors (Lipinski definition) is 1. The lowest BCUT2D eigenvalue weighted by molar-refractivity contribution is -0.156. The van der Waals surface area contributed by atoms with Crippen molar-refractivity contribution in [2.75, 3.05) is 19.8 Å². The molecule has 4 aliphatic heterocycles. The normalized spacial score (nSPS) is 34.2. The molecule has 8 heteroatoms. The minimum Gasteiger partial charge on any atom is -0.465 e. The van der Waals surface area contributed by atoms with Crippen molar-refractivity contribution in [2.45, 2.75) is 43.7 Å². The van der Waals surface area contributed by atoms with Crippen molar-refractivity contribution in [1.82, 2.24) is 9.80 Å². The van der Waals surface area contributed by atoms with E-state index >= 15 is 0 Å². The summed E-state index contributed by atoms with van der Waals surface area (Å²) in [5.74, 6) is -2.84. The summed E-state index contributed by atoms with van der Waals surface area (Å²) in [4.78, 5) is 43.8. The fourth-order valence-corrected chi connectivity index (χ4v) is 5.60. The van der Waals surface area contributed by atoms with Gasteiger partial charge in [-0.15, -0.1) is 0 Å². The molecular weight excluding hydrogens is 424 g/mol. The highest BCUT2D eigenvalue weighted by molar-refractivity contribution is 5.99. The number of benzene rings is 1. The summed E-state index contributed by atoms with van der Waals surface area (Å²) < 4.78 is 11.9. The van der Waals surface area contributed by atoms with E-state index in [1.165, 1.54) is 4.90 Å². The molecule has 174 valence electrons. The van der Waals surface area contributed by atoms with Gasteiger partial charge in [0.2, 0.25) is 11.8 Å². The fraction of sp³-hybridized carbons (Fsp3) is 0.480. The van der Waals surface area contributed by atoms with E-state index in [1.54, 1.807) is 17.9 Å². The van der Waals surface area contributed by atoms with E-state index in [0.717, 1.165) is 5.56 Å². The van der Waals surface area contributed by atoms with E-state index in [0.29, 0.717) is 19.5 Å². The van der Waals surface area contributed by atoms with Crippen LogP contribution in [0.4, 0.5) is 0 Å². The van der Waals surface area contributed by atoms with Crippen molar-refractivity contribution in [2.24, 2.45) is 11.8 Å². The molecule has 5 rings (SSSR count). The van der Waals surface area contributed by atoms with E-state index < -0.39 is 41.6 Å². The van der Waals surface area contributed by atoms with Gasteiger partial charge in [-0.25, -0.2) is 0 Å². The predicted octanol–water partition coefficient (Wildman–Crippen LogP) is 1.05. The summed E-state index contributed by atoms with van der Waals surface area (Å²) in [5.41, 5.74) is -0.329. The van der Waals surface area contributed by atoms with Crippen LogP contribution < -0.4 is 0 Å². The SMILES string of the molecule is C[C@H](CO)N1C(=O)[C@@H]2[C@H]3C(=O)OCCC=C[C@H]3O[C@@]23C=CCN(Cc2ccccc2)C(=O)C13. The lowest BCUT2D eigenvalue weighted by Crippen LogP contribution is -2.57. The van der Waals surface area contributed by atoms with Gasteiger partial charge in [-0.2, -0.15) is 0 Å². The van der Waals surface area contributed by atoms with Crippen molar-refractivity contribution in [1.29, 1.82) is 0 Å². The molecule has 4 heterocycles. The van der Waals surface area contributed by atoms with E-state index in [1.807, 2.05) is 48.6 Å². The smallest absolute Gasteiger partial charge is 0.312 e. The number of likely N-dealkylation sites (tertiary alicyclic amines) is 1. The number of hydrogen-bond acceptors (Lipinski definition) is 6. The topological polar surface area (TPSA) is 96.4 Å². The van der Waals surface area contributed by atoms with Crippen LogP contribution in [0.1, 0.15) is 18.9 Å². The second-order valence-electron chi connectivity index (χ2n) is 9.11. The van der Waals surface area contributed by atoms with Gasteiger partial charge < -0.3 is 24.4 Å². The Balaban J connectivity index is 1.58. The van der Waals surface area contributed by atoms with Crippen molar-refractivity contribution >= 4 is 17.8 Å². The second kappa shape index (κ2) is 8.43. The average molecular weight is 453 g/mol. The molecule has 33 heavy (non-hydrogen) atoms. The highest BCUT2D eigenvalue weighted by atomic mass is 16.6. The van der Waals surface area contributed by atoms with Crippen LogP contribution in [-0.4, -0.2) is 76.2 Å². The third-order valence-corrected chi connectivity index (χ3v) is 7.10. The Morgan fingerprint density at radius 1 is 1.15 bits per heavy atom. The van der Waals surface area contributed by atoms with Gasteiger partial charge in [-0.3, -0.25) is 14.4 Å². The number of cyclic esters (lactones) is 1. The summed E-state index contributed by atoms with van der Waals surface area (Å²) in [6.07, 6.45) is 7.26. The van der Waals surface area contributed by atoms with Crippen LogP contribution in [-0.2, 0) is 30.4 Å². The van der Waals surface area contributed by atoms with Gasteiger partial charge in [0, 0.05) is 13.1 Å². The van der Waals surface area contributed by atoms with Crippen LogP contribution in [0.15, 0.2) is 54.6 Å². The van der Waals surface area contributed by atoms with Crippen molar-refractivity contribution in [3.05, 3.63) is 60.2 Å². The molecule has 2 saturated heterocycles.